The van der Waals surface area contributed by atoms with E-state index in [0.29, 0.717) is 26.4 Å². The molecule has 0 aromatic heterocycles. The third-order valence-corrected chi connectivity index (χ3v) is 2.54. The lowest BCUT2D eigenvalue weighted by Crippen LogP contribution is -2.44. The van der Waals surface area contributed by atoms with Gasteiger partial charge < -0.3 is 14.4 Å². The molecule has 1 fully saturated rings. The Labute approximate surface area is 89.1 Å². The number of halogens is 1. The van der Waals surface area contributed by atoms with Crippen molar-refractivity contribution in [2.45, 2.75) is 12.5 Å². The van der Waals surface area contributed by atoms with Crippen LogP contribution in [0.5, 0.6) is 0 Å². The zero-order valence-corrected chi connectivity index (χ0v) is 9.13. The van der Waals surface area contributed by atoms with Crippen molar-refractivity contribution in [3.05, 3.63) is 0 Å². The van der Waals surface area contributed by atoms with Crippen LogP contribution in [0, 0.1) is 0 Å². The fourth-order valence-electron chi connectivity index (χ4n) is 1.59. The maximum Gasteiger partial charge on any atom is 0.237 e. The number of nitrogens with zero attached hydrogens (tertiary/aromatic N) is 1. The van der Waals surface area contributed by atoms with Crippen LogP contribution in [0.4, 0.5) is 0 Å². The van der Waals surface area contributed by atoms with Gasteiger partial charge in [-0.05, 0) is 6.42 Å². The lowest BCUT2D eigenvalue weighted by atomic mass is 10.2. The van der Waals surface area contributed by atoms with Gasteiger partial charge in [0.1, 0.15) is 5.88 Å². The van der Waals surface area contributed by atoms with Gasteiger partial charge in [0.15, 0.2) is 0 Å². The van der Waals surface area contributed by atoms with E-state index in [1.807, 2.05) is 0 Å². The molecule has 1 atom stereocenters. The molecular formula is C9H16ClNO3. The minimum absolute atomic E-state index is 0.0280. The van der Waals surface area contributed by atoms with Crippen LogP contribution in [-0.2, 0) is 14.3 Å². The number of rotatable bonds is 3. The molecule has 0 N–H and O–H groups in total. The molecule has 1 amide bonds. The van der Waals surface area contributed by atoms with E-state index in [4.69, 9.17) is 21.1 Å². The second-order valence-electron chi connectivity index (χ2n) is 3.23. The molecule has 0 aliphatic carbocycles. The molecule has 82 valence electrons. The molecule has 0 aromatic carbocycles. The van der Waals surface area contributed by atoms with Gasteiger partial charge in [-0.3, -0.25) is 4.79 Å². The minimum atomic E-state index is -0.0424. The molecule has 0 radical (unpaired) electrons. The van der Waals surface area contributed by atoms with E-state index in [9.17, 15) is 4.79 Å². The van der Waals surface area contributed by atoms with Crippen LogP contribution < -0.4 is 0 Å². The number of hydrogen-bond acceptors (Lipinski definition) is 3. The highest BCUT2D eigenvalue weighted by Gasteiger charge is 2.24. The highest BCUT2D eigenvalue weighted by atomic mass is 35.5. The standard InChI is InChI=1S/C9H16ClNO3/c1-13-7-8-2-4-14-5-3-11(8)9(12)6-10/h8H,2-7H2,1H3. The number of hydrogen-bond donors (Lipinski definition) is 0. The lowest BCUT2D eigenvalue weighted by molar-refractivity contribution is -0.131. The zero-order chi connectivity index (χ0) is 10.4. The molecule has 1 unspecified atom stereocenters. The first-order valence-corrected chi connectivity index (χ1v) is 5.25. The summed E-state index contributed by atoms with van der Waals surface area (Å²) in [6.45, 7) is 2.43. The number of carbonyl (C=O) groups excluding carboxylic acids is 1. The van der Waals surface area contributed by atoms with Crippen molar-refractivity contribution in [2.75, 3.05) is 39.4 Å². The van der Waals surface area contributed by atoms with Gasteiger partial charge in [0.25, 0.3) is 0 Å². The topological polar surface area (TPSA) is 38.8 Å². The summed E-state index contributed by atoms with van der Waals surface area (Å²) in [4.78, 5) is 13.2. The van der Waals surface area contributed by atoms with E-state index < -0.39 is 0 Å². The highest BCUT2D eigenvalue weighted by molar-refractivity contribution is 6.27. The van der Waals surface area contributed by atoms with Gasteiger partial charge in [-0.1, -0.05) is 0 Å². The third kappa shape index (κ3) is 3.12. The van der Waals surface area contributed by atoms with Crippen LogP contribution in [0.25, 0.3) is 0 Å². The van der Waals surface area contributed by atoms with Gasteiger partial charge in [0, 0.05) is 20.3 Å². The first kappa shape index (κ1) is 11.8. The van der Waals surface area contributed by atoms with Crippen LogP contribution in [0.2, 0.25) is 0 Å². The number of ether oxygens (including phenoxy) is 2. The molecular weight excluding hydrogens is 206 g/mol. The van der Waals surface area contributed by atoms with E-state index >= 15 is 0 Å². The fourth-order valence-corrected chi connectivity index (χ4v) is 1.75. The molecule has 4 nitrogen and oxygen atoms in total. The highest BCUT2D eigenvalue weighted by Crippen LogP contribution is 2.10. The Hall–Kier alpha value is -0.320. The Morgan fingerprint density at radius 1 is 1.64 bits per heavy atom. The summed E-state index contributed by atoms with van der Waals surface area (Å²) in [5.41, 5.74) is 0. The predicted molar refractivity (Wildman–Crippen MR) is 53.5 cm³/mol. The Balaban J connectivity index is 2.58. The summed E-state index contributed by atoms with van der Waals surface area (Å²) in [6, 6.07) is 0.105. The molecule has 0 bridgehead atoms. The number of amides is 1. The molecule has 1 heterocycles. The molecule has 1 aliphatic rings. The SMILES string of the molecule is COCC1CCOCCN1C(=O)CCl. The third-order valence-electron chi connectivity index (χ3n) is 2.31. The first-order valence-electron chi connectivity index (χ1n) is 4.71. The lowest BCUT2D eigenvalue weighted by Gasteiger charge is -2.28. The number of alkyl halides is 1. The maximum atomic E-state index is 11.5. The molecule has 0 aromatic rings. The monoisotopic (exact) mass is 221 g/mol. The number of methoxy groups -OCH3 is 1. The van der Waals surface area contributed by atoms with Crippen LogP contribution in [0.3, 0.4) is 0 Å². The van der Waals surface area contributed by atoms with E-state index in [1.165, 1.54) is 0 Å². The summed E-state index contributed by atoms with van der Waals surface area (Å²) in [5, 5.41) is 0. The number of carbonyl (C=O) groups is 1. The molecule has 0 spiro atoms. The van der Waals surface area contributed by atoms with E-state index in [0.717, 1.165) is 6.42 Å². The maximum absolute atomic E-state index is 11.5. The van der Waals surface area contributed by atoms with Gasteiger partial charge in [-0.2, -0.15) is 0 Å². The van der Waals surface area contributed by atoms with Crippen molar-refractivity contribution >= 4 is 17.5 Å². The minimum Gasteiger partial charge on any atom is -0.383 e. The second-order valence-corrected chi connectivity index (χ2v) is 3.50. The summed E-state index contributed by atoms with van der Waals surface area (Å²) in [5.74, 6) is -0.0144. The molecule has 1 rings (SSSR count). The van der Waals surface area contributed by atoms with Crippen molar-refractivity contribution in [1.82, 2.24) is 4.90 Å². The van der Waals surface area contributed by atoms with Crippen molar-refractivity contribution in [2.24, 2.45) is 0 Å². The molecule has 1 aliphatic heterocycles. The molecule has 0 saturated carbocycles. The molecule has 1 saturated heterocycles. The normalized spacial score (nSPS) is 23.3. The smallest absolute Gasteiger partial charge is 0.237 e. The zero-order valence-electron chi connectivity index (χ0n) is 8.37. The fraction of sp³-hybridized carbons (Fsp3) is 0.889. The van der Waals surface area contributed by atoms with Crippen LogP contribution in [-0.4, -0.2) is 56.2 Å². The Kier molecular flexibility index (Phi) is 5.22. The molecule has 14 heavy (non-hydrogen) atoms. The summed E-state index contributed by atoms with van der Waals surface area (Å²) >= 11 is 5.53. The van der Waals surface area contributed by atoms with Gasteiger partial charge in [0.2, 0.25) is 5.91 Å². The Bertz CT molecular complexity index is 189. The Morgan fingerprint density at radius 3 is 3.07 bits per heavy atom. The van der Waals surface area contributed by atoms with Crippen molar-refractivity contribution in [3.63, 3.8) is 0 Å². The average molecular weight is 222 g/mol. The van der Waals surface area contributed by atoms with E-state index in [1.54, 1.807) is 12.0 Å². The van der Waals surface area contributed by atoms with Gasteiger partial charge >= 0.3 is 0 Å². The van der Waals surface area contributed by atoms with Crippen molar-refractivity contribution in [3.8, 4) is 0 Å². The largest absolute Gasteiger partial charge is 0.383 e. The van der Waals surface area contributed by atoms with Gasteiger partial charge in [-0.25, -0.2) is 0 Å². The first-order chi connectivity index (χ1) is 6.79. The van der Waals surface area contributed by atoms with Gasteiger partial charge in [-0.15, -0.1) is 11.6 Å². The van der Waals surface area contributed by atoms with Crippen LogP contribution >= 0.6 is 11.6 Å². The van der Waals surface area contributed by atoms with Crippen LogP contribution in [0.1, 0.15) is 6.42 Å². The average Bonchev–Trinajstić information content (AvgIpc) is 2.43. The summed E-state index contributed by atoms with van der Waals surface area (Å²) in [7, 11) is 1.63. The van der Waals surface area contributed by atoms with Crippen LogP contribution in [0.15, 0.2) is 0 Å². The predicted octanol–water partition coefficient (Wildman–Crippen LogP) is 0.489. The van der Waals surface area contributed by atoms with Crippen molar-refractivity contribution in [1.29, 1.82) is 0 Å². The van der Waals surface area contributed by atoms with Gasteiger partial charge in [0.05, 0.1) is 19.3 Å². The summed E-state index contributed by atoms with van der Waals surface area (Å²) < 4.78 is 10.4. The van der Waals surface area contributed by atoms with Crippen molar-refractivity contribution < 1.29 is 14.3 Å². The molecule has 5 heteroatoms. The Morgan fingerprint density at radius 2 is 2.43 bits per heavy atom. The quantitative estimate of drug-likeness (QED) is 0.652. The van der Waals surface area contributed by atoms with E-state index in [2.05, 4.69) is 0 Å². The summed E-state index contributed by atoms with van der Waals surface area (Å²) in [6.07, 6.45) is 0.816. The van der Waals surface area contributed by atoms with E-state index in [-0.39, 0.29) is 17.8 Å². The second kappa shape index (κ2) is 6.22.